The van der Waals surface area contributed by atoms with E-state index < -0.39 is 50.3 Å². The summed E-state index contributed by atoms with van der Waals surface area (Å²) in [6, 6.07) is 0.912. The van der Waals surface area contributed by atoms with Crippen molar-refractivity contribution in [2.45, 2.75) is 26.4 Å². The molecule has 0 spiro atoms. The summed E-state index contributed by atoms with van der Waals surface area (Å²) < 4.78 is 74.8. The lowest BCUT2D eigenvalue weighted by Gasteiger charge is -2.11. The van der Waals surface area contributed by atoms with Gasteiger partial charge >= 0.3 is 7.12 Å². The number of rotatable bonds is 2. The van der Waals surface area contributed by atoms with Gasteiger partial charge in [0.05, 0.1) is 0 Å². The molecule has 1 rings (SSSR count). The van der Waals surface area contributed by atoms with E-state index in [0.717, 1.165) is 12.3 Å². The largest absolute Gasteiger partial charge is 0.488 e. The van der Waals surface area contributed by atoms with Crippen LogP contribution in [-0.4, -0.2) is 22.2 Å². The molecule has 0 aliphatic rings. The SMILES string of the molecule is [2H]C([2H])([2H])c1c(B(O)O)ccnc1C([2H])(C([2H])([2H])[2H])C([2H])([2H])[2H]. The highest BCUT2D eigenvalue weighted by molar-refractivity contribution is 6.59. The first-order valence-electron chi connectivity index (χ1n) is 8.41. The van der Waals surface area contributed by atoms with Gasteiger partial charge < -0.3 is 10.0 Å². The van der Waals surface area contributed by atoms with E-state index in [2.05, 4.69) is 4.98 Å². The van der Waals surface area contributed by atoms with Gasteiger partial charge in [-0.3, -0.25) is 4.98 Å². The van der Waals surface area contributed by atoms with Crippen molar-refractivity contribution in [3.63, 3.8) is 0 Å². The quantitative estimate of drug-likeness (QED) is 0.653. The highest BCUT2D eigenvalue weighted by Crippen LogP contribution is 2.13. The van der Waals surface area contributed by atoms with Crippen molar-refractivity contribution in [1.29, 1.82) is 0 Å². The minimum Gasteiger partial charge on any atom is -0.423 e. The Morgan fingerprint density at radius 2 is 2.38 bits per heavy atom. The van der Waals surface area contributed by atoms with Crippen molar-refractivity contribution < 1.29 is 23.8 Å². The molecule has 3 nitrogen and oxygen atoms in total. The van der Waals surface area contributed by atoms with Crippen LogP contribution >= 0.6 is 0 Å². The number of aromatic nitrogens is 1. The van der Waals surface area contributed by atoms with Crippen LogP contribution in [0.15, 0.2) is 12.3 Å². The van der Waals surface area contributed by atoms with E-state index in [4.69, 9.17) is 13.7 Å². The third kappa shape index (κ3) is 2.08. The van der Waals surface area contributed by atoms with Gasteiger partial charge in [0.15, 0.2) is 0 Å². The van der Waals surface area contributed by atoms with Gasteiger partial charge in [0.25, 0.3) is 0 Å². The first kappa shape index (κ1) is 3.07. The lowest BCUT2D eigenvalue weighted by atomic mass is 9.76. The molecule has 1 heterocycles. The smallest absolute Gasteiger partial charge is 0.423 e. The van der Waals surface area contributed by atoms with Gasteiger partial charge in [0.2, 0.25) is 0 Å². The second-order valence-corrected chi connectivity index (χ2v) is 2.37. The molecule has 13 heavy (non-hydrogen) atoms. The fourth-order valence-corrected chi connectivity index (χ4v) is 0.881. The third-order valence-corrected chi connectivity index (χ3v) is 1.50. The van der Waals surface area contributed by atoms with E-state index in [1.165, 1.54) is 0 Å². The molecule has 1 aromatic rings. The first-order valence-corrected chi connectivity index (χ1v) is 3.41. The van der Waals surface area contributed by atoms with Crippen LogP contribution in [-0.2, 0) is 0 Å². The Morgan fingerprint density at radius 3 is 2.92 bits per heavy atom. The molecule has 4 heteroatoms. The van der Waals surface area contributed by atoms with E-state index in [1.807, 2.05) is 0 Å². The maximum absolute atomic E-state index is 9.30. The van der Waals surface area contributed by atoms with Crippen LogP contribution < -0.4 is 5.46 Å². The Balaban J connectivity index is 3.94. The average Bonchev–Trinajstić information content (AvgIpc) is 2.32. The normalized spacial score (nSPS) is 25.7. The standard InChI is InChI=1S/C9H14BNO2/c1-6(2)9-7(3)8(10(12)13)4-5-11-9/h4-6,12-13H,1-3H3/i1D3,2D3,3D3,6D. The number of nitrogens with zero attached hydrogens (tertiary/aromatic N) is 1. The monoisotopic (exact) mass is 189 g/mol. The maximum atomic E-state index is 9.30. The Labute approximate surface area is 92.6 Å². The Morgan fingerprint density at radius 1 is 1.62 bits per heavy atom. The maximum Gasteiger partial charge on any atom is 0.488 e. The lowest BCUT2D eigenvalue weighted by molar-refractivity contribution is 0.425. The Bertz CT molecular complexity index is 565. The molecule has 0 radical (unpaired) electrons. The molecule has 0 atom stereocenters. The van der Waals surface area contributed by atoms with Crippen molar-refractivity contribution in [1.82, 2.24) is 4.98 Å². The predicted octanol–water partition coefficient (Wildman–Crippen LogP) is 0.193. The Kier molecular flexibility index (Phi) is 0.920. The van der Waals surface area contributed by atoms with Crippen LogP contribution in [0, 0.1) is 6.85 Å². The average molecular weight is 189 g/mol. The van der Waals surface area contributed by atoms with Crippen LogP contribution in [0.5, 0.6) is 0 Å². The number of pyridine rings is 1. The fraction of sp³-hybridized carbons (Fsp3) is 0.444. The summed E-state index contributed by atoms with van der Waals surface area (Å²) in [6.07, 6.45) is 0.833. The number of hydrogen-bond acceptors (Lipinski definition) is 3. The van der Waals surface area contributed by atoms with E-state index in [9.17, 15) is 10.0 Å². The van der Waals surface area contributed by atoms with Gasteiger partial charge in [-0.1, -0.05) is 13.7 Å². The summed E-state index contributed by atoms with van der Waals surface area (Å²) in [7, 11) is -2.30. The molecule has 0 amide bonds. The van der Waals surface area contributed by atoms with E-state index in [1.54, 1.807) is 0 Å². The summed E-state index contributed by atoms with van der Waals surface area (Å²) in [5.41, 5.74) is -2.64. The Hall–Kier alpha value is -0.865. The van der Waals surface area contributed by atoms with E-state index in [-0.39, 0.29) is 0 Å². The van der Waals surface area contributed by atoms with Gasteiger partial charge in [0, 0.05) is 25.6 Å². The fourth-order valence-electron chi connectivity index (χ4n) is 0.881. The van der Waals surface area contributed by atoms with Crippen molar-refractivity contribution in [2.24, 2.45) is 0 Å². The van der Waals surface area contributed by atoms with Crippen molar-refractivity contribution in [3.8, 4) is 0 Å². The first-order chi connectivity index (χ1) is 10.0. The highest BCUT2D eigenvalue weighted by Gasteiger charge is 2.17. The van der Waals surface area contributed by atoms with Gasteiger partial charge in [-0.15, -0.1) is 0 Å². The summed E-state index contributed by atoms with van der Waals surface area (Å²) in [6.45, 7) is -9.99. The van der Waals surface area contributed by atoms with Gasteiger partial charge in [0.1, 0.15) is 0 Å². The zero-order chi connectivity index (χ0) is 18.4. The molecule has 0 fully saturated rings. The molecule has 70 valence electrons. The molecule has 0 saturated carbocycles. The van der Waals surface area contributed by atoms with Crippen molar-refractivity contribution in [2.75, 3.05) is 0 Å². The van der Waals surface area contributed by atoms with Crippen molar-refractivity contribution in [3.05, 3.63) is 23.5 Å². The molecule has 0 aliphatic carbocycles. The van der Waals surface area contributed by atoms with Crippen LogP contribution in [0.3, 0.4) is 0 Å². The molecule has 0 aromatic carbocycles. The van der Waals surface area contributed by atoms with Gasteiger partial charge in [-0.05, 0) is 29.8 Å². The molecule has 0 unspecified atom stereocenters. The molecule has 0 aliphatic heterocycles. The minimum atomic E-state index is -3.44. The van der Waals surface area contributed by atoms with Crippen LogP contribution in [0.4, 0.5) is 0 Å². The summed E-state index contributed by atoms with van der Waals surface area (Å²) in [4.78, 5) is 3.50. The lowest BCUT2D eigenvalue weighted by Crippen LogP contribution is -2.33. The zero-order valence-electron chi connectivity index (χ0n) is 16.6. The number of hydrogen-bond donors (Lipinski definition) is 2. The topological polar surface area (TPSA) is 53.4 Å². The second kappa shape index (κ2) is 3.90. The molecular formula is C9H14BNO2. The van der Waals surface area contributed by atoms with E-state index >= 15 is 0 Å². The van der Waals surface area contributed by atoms with Gasteiger partial charge in [-0.2, -0.15) is 0 Å². The molecule has 1 aromatic heterocycles. The zero-order valence-corrected chi connectivity index (χ0v) is 6.57. The summed E-state index contributed by atoms with van der Waals surface area (Å²) >= 11 is 0. The molecular weight excluding hydrogens is 165 g/mol. The predicted molar refractivity (Wildman–Crippen MR) is 52.9 cm³/mol. The second-order valence-electron chi connectivity index (χ2n) is 2.37. The van der Waals surface area contributed by atoms with Crippen LogP contribution in [0.2, 0.25) is 0 Å². The molecule has 0 bridgehead atoms. The summed E-state index contributed by atoms with van der Waals surface area (Å²) in [5.74, 6) is -3.35. The van der Waals surface area contributed by atoms with Crippen LogP contribution in [0.25, 0.3) is 0 Å². The highest BCUT2D eigenvalue weighted by atomic mass is 16.4. The molecule has 2 N–H and O–H groups in total. The van der Waals surface area contributed by atoms with Crippen molar-refractivity contribution >= 4 is 12.6 Å². The van der Waals surface area contributed by atoms with E-state index in [0.29, 0.717) is 0 Å². The van der Waals surface area contributed by atoms with Crippen LogP contribution in [0.1, 0.15) is 44.6 Å². The third-order valence-electron chi connectivity index (χ3n) is 1.50. The van der Waals surface area contributed by atoms with Gasteiger partial charge in [-0.25, -0.2) is 0 Å². The minimum absolute atomic E-state index is 0.625. The summed E-state index contributed by atoms with van der Waals surface area (Å²) in [5, 5.41) is 18.6. The molecule has 0 saturated heterocycles.